The molecule has 15 heteroatoms. The fourth-order valence-electron chi connectivity index (χ4n) is 3.76. The van der Waals surface area contributed by atoms with Crippen LogP contribution in [0, 0.1) is 0 Å². The molecule has 0 radical (unpaired) electrons. The molecule has 3 fully saturated rings. The van der Waals surface area contributed by atoms with Gasteiger partial charge in [-0.2, -0.15) is 0 Å². The summed E-state index contributed by atoms with van der Waals surface area (Å²) in [5.41, 5.74) is 0. The van der Waals surface area contributed by atoms with E-state index in [1.54, 1.807) is 6.92 Å². The van der Waals surface area contributed by atoms with E-state index in [-0.39, 0.29) is 5.04 Å². The molecule has 10 unspecified atom stereocenters. The van der Waals surface area contributed by atoms with Crippen molar-refractivity contribution >= 4 is 24.0 Å². The van der Waals surface area contributed by atoms with Crippen LogP contribution in [-0.2, 0) is 41.1 Å². The molecule has 2 bridgehead atoms. The second kappa shape index (κ2) is 9.62. The Balaban J connectivity index is 1.89. The van der Waals surface area contributed by atoms with E-state index in [4.69, 9.17) is 32.0 Å². The lowest BCUT2D eigenvalue weighted by molar-refractivity contribution is -0.0394. The quantitative estimate of drug-likeness (QED) is 0.351. The fraction of sp³-hybridized carbons (Fsp3) is 1.00. The van der Waals surface area contributed by atoms with E-state index in [1.165, 1.54) is 6.92 Å². The first-order valence-electron chi connectivity index (χ1n) is 10.9. The second-order valence-electron chi connectivity index (χ2n) is 10.3. The summed E-state index contributed by atoms with van der Waals surface area (Å²) in [6.07, 6.45) is -7.94. The highest BCUT2D eigenvalue weighted by Gasteiger charge is 2.53. The summed E-state index contributed by atoms with van der Waals surface area (Å²) in [6.45, 7) is 12.4. The zero-order valence-corrected chi connectivity index (χ0v) is 22.7. The van der Waals surface area contributed by atoms with Crippen LogP contribution in [0.3, 0.4) is 0 Å². The van der Waals surface area contributed by atoms with Crippen LogP contribution in [0.4, 0.5) is 0 Å². The Morgan fingerprint density at radius 3 is 1.91 bits per heavy atom. The van der Waals surface area contributed by atoms with Gasteiger partial charge in [-0.05, 0) is 32.0 Å². The Morgan fingerprint density at radius 2 is 1.36 bits per heavy atom. The highest BCUT2D eigenvalue weighted by molar-refractivity contribution is 7.47. The molecule has 0 amide bonds. The third kappa shape index (κ3) is 6.35. The minimum Gasteiger partial charge on any atom is -0.409 e. The van der Waals surface area contributed by atoms with Gasteiger partial charge in [0.1, 0.15) is 36.6 Å². The van der Waals surface area contributed by atoms with Gasteiger partial charge in [0, 0.05) is 0 Å². The lowest BCUT2D eigenvalue weighted by atomic mass is 10.1. The molecule has 194 valence electrons. The molecule has 3 aliphatic rings. The van der Waals surface area contributed by atoms with Gasteiger partial charge < -0.3 is 28.8 Å². The van der Waals surface area contributed by atoms with Crippen LogP contribution < -0.4 is 0 Å². The number of fused-ring (bicyclic) bond motifs is 3. The van der Waals surface area contributed by atoms with Crippen molar-refractivity contribution in [1.29, 1.82) is 0 Å². The number of aliphatic hydroxyl groups excluding tert-OH is 1. The molecule has 0 aromatic heterocycles. The van der Waals surface area contributed by atoms with E-state index >= 15 is 0 Å². The van der Waals surface area contributed by atoms with Crippen molar-refractivity contribution in [3.05, 3.63) is 0 Å². The smallest absolute Gasteiger partial charge is 0.409 e. The zero-order chi connectivity index (χ0) is 25.0. The summed E-state index contributed by atoms with van der Waals surface area (Å²) in [5, 5.41) is 10.2. The van der Waals surface area contributed by atoms with E-state index in [9.17, 15) is 24.0 Å². The number of hydrogen-bond acceptors (Lipinski definition) is 10. The van der Waals surface area contributed by atoms with Crippen LogP contribution in [0.5, 0.6) is 0 Å². The number of ether oxygens (including phenoxy) is 2. The molecular formula is C18H36O12P2Si. The van der Waals surface area contributed by atoms with Crippen LogP contribution in [0.2, 0.25) is 18.1 Å². The predicted molar refractivity (Wildman–Crippen MR) is 118 cm³/mol. The molecule has 3 heterocycles. The maximum absolute atomic E-state index is 12.8. The van der Waals surface area contributed by atoms with Crippen molar-refractivity contribution < 1.29 is 56.0 Å². The van der Waals surface area contributed by atoms with E-state index in [0.29, 0.717) is 0 Å². The molecule has 0 saturated carbocycles. The molecule has 0 aliphatic carbocycles. The van der Waals surface area contributed by atoms with E-state index in [1.807, 2.05) is 33.9 Å². The Bertz CT molecular complexity index is 804. The molecule has 0 aromatic rings. The highest BCUT2D eigenvalue weighted by atomic mass is 31.2. The number of aliphatic hydroxyl groups is 1. The summed E-state index contributed by atoms with van der Waals surface area (Å²) in [6, 6.07) is 0. The highest BCUT2D eigenvalue weighted by Crippen LogP contribution is 2.52. The van der Waals surface area contributed by atoms with Crippen molar-refractivity contribution in [3.8, 4) is 0 Å². The summed E-state index contributed by atoms with van der Waals surface area (Å²) < 4.78 is 64.0. The average Bonchev–Trinajstić information content (AvgIpc) is 3.07. The normalized spacial score (nSPS) is 47.9. The summed E-state index contributed by atoms with van der Waals surface area (Å²) in [7, 11) is -11.7. The van der Waals surface area contributed by atoms with Gasteiger partial charge in [-0.25, -0.2) is 9.13 Å². The Hall–Kier alpha value is 0.277. The molecule has 0 aromatic carbocycles. The van der Waals surface area contributed by atoms with Crippen LogP contribution >= 0.6 is 15.6 Å². The van der Waals surface area contributed by atoms with Crippen molar-refractivity contribution in [2.45, 2.75) is 102 Å². The van der Waals surface area contributed by atoms with Gasteiger partial charge >= 0.3 is 15.6 Å². The SMILES string of the molecule is CC1OC2COP(=O)(O)OC3C(COP(=O)(O)OC1C2O)OC(C)C3O[Si](C)(C)C(C)(C)C. The summed E-state index contributed by atoms with van der Waals surface area (Å²) in [4.78, 5) is 20.6. The molecule has 3 N–H and O–H groups in total. The topological polar surface area (TPSA) is 159 Å². The average molecular weight is 535 g/mol. The van der Waals surface area contributed by atoms with Crippen molar-refractivity contribution in [2.75, 3.05) is 13.2 Å². The lowest BCUT2D eigenvalue weighted by Crippen LogP contribution is -2.49. The van der Waals surface area contributed by atoms with Crippen LogP contribution in [0.25, 0.3) is 0 Å². The Labute approximate surface area is 195 Å². The Morgan fingerprint density at radius 1 is 0.879 bits per heavy atom. The van der Waals surface area contributed by atoms with Gasteiger partial charge in [0.25, 0.3) is 0 Å². The first kappa shape index (κ1) is 27.9. The molecule has 3 saturated heterocycles. The van der Waals surface area contributed by atoms with Crippen LogP contribution in [0.1, 0.15) is 34.6 Å². The van der Waals surface area contributed by atoms with Gasteiger partial charge in [-0.3, -0.25) is 18.1 Å². The number of rotatable bonds is 2. The van der Waals surface area contributed by atoms with Crippen LogP contribution in [0.15, 0.2) is 0 Å². The minimum absolute atomic E-state index is 0.165. The monoisotopic (exact) mass is 534 g/mol. The molecule has 12 nitrogen and oxygen atoms in total. The van der Waals surface area contributed by atoms with E-state index < -0.39 is 86.0 Å². The maximum atomic E-state index is 12.8. The fourth-order valence-corrected chi connectivity index (χ4v) is 7.08. The van der Waals surface area contributed by atoms with Gasteiger partial charge in [0.2, 0.25) is 0 Å². The third-order valence-corrected chi connectivity index (χ3v) is 13.1. The van der Waals surface area contributed by atoms with Gasteiger partial charge in [0.15, 0.2) is 8.32 Å². The van der Waals surface area contributed by atoms with Gasteiger partial charge in [0.05, 0.1) is 25.4 Å². The Kier molecular flexibility index (Phi) is 8.12. The van der Waals surface area contributed by atoms with Gasteiger partial charge in [-0.1, -0.05) is 20.8 Å². The third-order valence-electron chi connectivity index (χ3n) is 6.66. The first-order chi connectivity index (χ1) is 14.9. The molecule has 33 heavy (non-hydrogen) atoms. The number of hydrogen-bond donors (Lipinski definition) is 3. The second-order valence-corrected chi connectivity index (χ2v) is 17.8. The van der Waals surface area contributed by atoms with E-state index in [2.05, 4.69) is 0 Å². The standard InChI is InChI=1S/C18H36O12P2Si/c1-10-15-14(19)12(26-10)8-24-32(22,23)29-17-13(9-25-31(20,21)28-15)27-11(2)16(17)30-33(6,7)18(3,4)5/h10-17,19H,8-9H2,1-7H3,(H,20,21)(H,22,23). The summed E-state index contributed by atoms with van der Waals surface area (Å²) in [5.74, 6) is 0. The number of phosphoric acid groups is 2. The van der Waals surface area contributed by atoms with Crippen molar-refractivity contribution in [3.63, 3.8) is 0 Å². The predicted octanol–water partition coefficient (Wildman–Crippen LogP) is 2.33. The van der Waals surface area contributed by atoms with Crippen molar-refractivity contribution in [1.82, 2.24) is 0 Å². The summed E-state index contributed by atoms with van der Waals surface area (Å²) >= 11 is 0. The molecule has 3 aliphatic heterocycles. The van der Waals surface area contributed by atoms with Gasteiger partial charge in [-0.15, -0.1) is 0 Å². The molecular weight excluding hydrogens is 498 g/mol. The first-order valence-corrected chi connectivity index (χ1v) is 16.8. The largest absolute Gasteiger partial charge is 0.472 e. The zero-order valence-electron chi connectivity index (χ0n) is 19.9. The van der Waals surface area contributed by atoms with Crippen molar-refractivity contribution in [2.24, 2.45) is 0 Å². The van der Waals surface area contributed by atoms with Crippen LogP contribution in [-0.4, -0.2) is 85.3 Å². The molecule has 10 atom stereocenters. The molecule has 3 rings (SSSR count). The lowest BCUT2D eigenvalue weighted by Gasteiger charge is -2.40. The minimum atomic E-state index is -4.67. The molecule has 0 spiro atoms. The van der Waals surface area contributed by atoms with E-state index in [0.717, 1.165) is 0 Å². The maximum Gasteiger partial charge on any atom is 0.472 e. The number of phosphoric ester groups is 2.